The summed E-state index contributed by atoms with van der Waals surface area (Å²) in [5.41, 5.74) is 10.5. The second-order valence-electron chi connectivity index (χ2n) is 7.33. The maximum atomic E-state index is 12.4. The Labute approximate surface area is 187 Å². The van der Waals surface area contributed by atoms with Gasteiger partial charge in [0, 0.05) is 67.0 Å². The third kappa shape index (κ3) is 5.72. The first-order valence-corrected chi connectivity index (χ1v) is 9.99. The van der Waals surface area contributed by atoms with E-state index >= 15 is 0 Å². The molecule has 32 heavy (non-hydrogen) atoms. The van der Waals surface area contributed by atoms with Gasteiger partial charge < -0.3 is 16.0 Å². The Morgan fingerprint density at radius 2 is 1.84 bits per heavy atom. The van der Waals surface area contributed by atoms with E-state index in [0.717, 1.165) is 22.5 Å². The maximum Gasteiger partial charge on any atom is 0.247 e. The topological polar surface area (TPSA) is 122 Å². The Kier molecular flexibility index (Phi) is 7.22. The number of nitrogens with one attached hydrogen (secondary N) is 1. The highest BCUT2D eigenvalue weighted by atomic mass is 16.1. The normalized spacial score (nSPS) is 12.2. The zero-order valence-electron chi connectivity index (χ0n) is 18.6. The molecule has 0 saturated carbocycles. The van der Waals surface area contributed by atoms with Crippen molar-refractivity contribution in [2.24, 2.45) is 10.7 Å². The van der Waals surface area contributed by atoms with Gasteiger partial charge in [-0.3, -0.25) is 19.8 Å². The molecule has 3 rings (SSSR count). The van der Waals surface area contributed by atoms with Gasteiger partial charge in [0.05, 0.1) is 11.9 Å². The van der Waals surface area contributed by atoms with Crippen LogP contribution in [-0.2, 0) is 4.79 Å². The smallest absolute Gasteiger partial charge is 0.247 e. The van der Waals surface area contributed by atoms with E-state index in [0.29, 0.717) is 22.9 Å². The first kappa shape index (κ1) is 22.5. The predicted octanol–water partition coefficient (Wildman–Crippen LogP) is 2.79. The molecule has 0 atom stereocenters. The van der Waals surface area contributed by atoms with Crippen LogP contribution in [0.15, 0.2) is 65.9 Å². The van der Waals surface area contributed by atoms with Gasteiger partial charge in [-0.05, 0) is 38.1 Å². The molecule has 3 aromatic heterocycles. The number of rotatable bonds is 7. The third-order valence-corrected chi connectivity index (χ3v) is 4.60. The van der Waals surface area contributed by atoms with E-state index in [9.17, 15) is 4.79 Å². The highest BCUT2D eigenvalue weighted by Gasteiger charge is 2.11. The lowest BCUT2D eigenvalue weighted by Crippen LogP contribution is -2.17. The summed E-state index contributed by atoms with van der Waals surface area (Å²) in [6, 6.07) is 7.39. The van der Waals surface area contributed by atoms with Crippen molar-refractivity contribution in [3.05, 3.63) is 66.5 Å². The number of nitrogens with two attached hydrogens (primary N) is 1. The molecule has 0 aliphatic rings. The minimum atomic E-state index is -0.279. The van der Waals surface area contributed by atoms with E-state index in [1.54, 1.807) is 44.0 Å². The SMILES string of the molecule is CC(=NCC(=O)Nc1ccc(-c2cnccn2)cn1)C(=C(C)N)c1ccc(N(C)C)nc1. The molecule has 0 saturated heterocycles. The van der Waals surface area contributed by atoms with Crippen molar-refractivity contribution in [3.8, 4) is 11.3 Å². The van der Waals surface area contributed by atoms with Gasteiger partial charge in [0.15, 0.2) is 0 Å². The maximum absolute atomic E-state index is 12.4. The van der Waals surface area contributed by atoms with Gasteiger partial charge in [-0.2, -0.15) is 0 Å². The van der Waals surface area contributed by atoms with Gasteiger partial charge >= 0.3 is 0 Å². The molecule has 0 aliphatic heterocycles. The van der Waals surface area contributed by atoms with E-state index in [4.69, 9.17) is 5.73 Å². The summed E-state index contributed by atoms with van der Waals surface area (Å²) in [6.45, 7) is 3.57. The molecule has 0 aliphatic carbocycles. The molecule has 9 nitrogen and oxygen atoms in total. The van der Waals surface area contributed by atoms with Gasteiger partial charge in [-0.1, -0.05) is 0 Å². The molecule has 164 valence electrons. The molecule has 3 aromatic rings. The number of amides is 1. The Morgan fingerprint density at radius 3 is 2.41 bits per heavy atom. The molecule has 3 heterocycles. The number of hydrogen-bond donors (Lipinski definition) is 2. The number of anilines is 2. The molecule has 3 N–H and O–H groups in total. The molecule has 0 radical (unpaired) electrons. The number of carbonyl (C=O) groups is 1. The Bertz CT molecular complexity index is 1120. The Hall–Kier alpha value is -4.14. The van der Waals surface area contributed by atoms with Gasteiger partial charge in [-0.15, -0.1) is 0 Å². The molecule has 0 unspecified atom stereocenters. The second kappa shape index (κ2) is 10.3. The first-order valence-electron chi connectivity index (χ1n) is 9.99. The summed E-state index contributed by atoms with van der Waals surface area (Å²) in [5, 5.41) is 2.75. The number of pyridine rings is 2. The van der Waals surface area contributed by atoms with E-state index in [1.165, 1.54) is 0 Å². The third-order valence-electron chi connectivity index (χ3n) is 4.60. The van der Waals surface area contributed by atoms with Crippen molar-refractivity contribution in [2.75, 3.05) is 30.9 Å². The van der Waals surface area contributed by atoms with Crippen LogP contribution in [-0.4, -0.2) is 52.2 Å². The van der Waals surface area contributed by atoms with Gasteiger partial charge in [0.1, 0.15) is 18.2 Å². The summed E-state index contributed by atoms with van der Waals surface area (Å²) in [4.78, 5) is 35.7. The monoisotopic (exact) mass is 430 g/mol. The fourth-order valence-corrected chi connectivity index (χ4v) is 3.04. The molecule has 0 fully saturated rings. The van der Waals surface area contributed by atoms with Crippen LogP contribution in [0.2, 0.25) is 0 Å². The molecular weight excluding hydrogens is 404 g/mol. The predicted molar refractivity (Wildman–Crippen MR) is 127 cm³/mol. The fourth-order valence-electron chi connectivity index (χ4n) is 3.04. The van der Waals surface area contributed by atoms with E-state index < -0.39 is 0 Å². The van der Waals surface area contributed by atoms with Crippen LogP contribution >= 0.6 is 0 Å². The van der Waals surface area contributed by atoms with Crippen molar-refractivity contribution < 1.29 is 4.79 Å². The van der Waals surface area contributed by atoms with Gasteiger partial charge in [0.25, 0.3) is 0 Å². The summed E-state index contributed by atoms with van der Waals surface area (Å²) >= 11 is 0. The summed E-state index contributed by atoms with van der Waals surface area (Å²) in [7, 11) is 3.85. The number of aromatic nitrogens is 4. The number of nitrogens with zero attached hydrogens (tertiary/aromatic N) is 6. The standard InChI is InChI=1S/C23H26N8O/c1-15(24)23(18-6-8-21(29-12-18)31(3)4)16(2)27-14-22(32)30-20-7-5-17(11-28-20)19-13-25-9-10-26-19/h5-13H,14,24H2,1-4H3,(H,28,30,32). The largest absolute Gasteiger partial charge is 0.402 e. The van der Waals surface area contributed by atoms with Crippen LogP contribution in [0.5, 0.6) is 0 Å². The van der Waals surface area contributed by atoms with Gasteiger partial charge in [0.2, 0.25) is 5.91 Å². The molecule has 1 amide bonds. The minimum absolute atomic E-state index is 0.0561. The van der Waals surface area contributed by atoms with Crippen molar-refractivity contribution in [1.29, 1.82) is 0 Å². The number of aliphatic imine (C=N–C) groups is 1. The Morgan fingerprint density at radius 1 is 1.03 bits per heavy atom. The van der Waals surface area contributed by atoms with Crippen LogP contribution in [0.1, 0.15) is 19.4 Å². The van der Waals surface area contributed by atoms with Gasteiger partial charge in [-0.25, -0.2) is 9.97 Å². The highest BCUT2D eigenvalue weighted by Crippen LogP contribution is 2.20. The lowest BCUT2D eigenvalue weighted by Gasteiger charge is -2.14. The molecular formula is C23H26N8O. The first-order chi connectivity index (χ1) is 15.3. The average molecular weight is 431 g/mol. The van der Waals surface area contributed by atoms with Crippen molar-refractivity contribution in [3.63, 3.8) is 0 Å². The highest BCUT2D eigenvalue weighted by molar-refractivity contribution is 6.23. The van der Waals surface area contributed by atoms with Crippen LogP contribution in [0.4, 0.5) is 11.6 Å². The second-order valence-corrected chi connectivity index (χ2v) is 7.33. The van der Waals surface area contributed by atoms with Crippen molar-refractivity contribution in [1.82, 2.24) is 19.9 Å². The zero-order chi connectivity index (χ0) is 23.1. The molecule has 0 bridgehead atoms. The Balaban J connectivity index is 1.66. The minimum Gasteiger partial charge on any atom is -0.402 e. The fraction of sp³-hybridized carbons (Fsp3) is 0.217. The molecule has 0 aromatic carbocycles. The molecule has 9 heteroatoms. The van der Waals surface area contributed by atoms with Crippen molar-refractivity contribution >= 4 is 28.8 Å². The summed E-state index contributed by atoms with van der Waals surface area (Å²) < 4.78 is 0. The quantitative estimate of drug-likeness (QED) is 0.553. The number of hydrogen-bond acceptors (Lipinski definition) is 8. The van der Waals surface area contributed by atoms with Crippen LogP contribution < -0.4 is 16.0 Å². The molecule has 0 spiro atoms. The van der Waals surface area contributed by atoms with Crippen LogP contribution in [0, 0.1) is 0 Å². The van der Waals surface area contributed by atoms with E-state index in [-0.39, 0.29) is 12.5 Å². The summed E-state index contributed by atoms with van der Waals surface area (Å²) in [5.74, 6) is 0.999. The van der Waals surface area contributed by atoms with E-state index in [2.05, 4.69) is 30.2 Å². The average Bonchev–Trinajstić information content (AvgIpc) is 2.79. The summed E-state index contributed by atoms with van der Waals surface area (Å²) in [6.07, 6.45) is 8.26. The lowest BCUT2D eigenvalue weighted by molar-refractivity contribution is -0.114. The van der Waals surface area contributed by atoms with Crippen molar-refractivity contribution in [2.45, 2.75) is 13.8 Å². The number of allylic oxidation sites excluding steroid dienone is 2. The lowest BCUT2D eigenvalue weighted by atomic mass is 10.0. The zero-order valence-corrected chi connectivity index (χ0v) is 18.6. The van der Waals surface area contributed by atoms with Crippen LogP contribution in [0.25, 0.3) is 16.8 Å². The van der Waals surface area contributed by atoms with E-state index in [1.807, 2.05) is 44.1 Å². The van der Waals surface area contributed by atoms with Crippen LogP contribution in [0.3, 0.4) is 0 Å². The number of carbonyl (C=O) groups excluding carboxylic acids is 1.